The van der Waals surface area contributed by atoms with Gasteiger partial charge < -0.3 is 4.18 Å². The van der Waals surface area contributed by atoms with Crippen LogP contribution in [-0.4, -0.2) is 13.2 Å². The molecule has 1 radical (unpaired) electrons. The average molecular weight is 101 g/mol. The zero-order chi connectivity index (χ0) is 4.24. The molecule has 33 valence electrons. The van der Waals surface area contributed by atoms with Gasteiger partial charge in [0.25, 0.3) is 0 Å². The first-order valence-corrected chi connectivity index (χ1v) is 2.90. The van der Waals surface area contributed by atoms with Crippen molar-refractivity contribution < 1.29 is 4.18 Å². The van der Waals surface area contributed by atoms with Gasteiger partial charge in [0.1, 0.15) is 0 Å². The van der Waals surface area contributed by atoms with E-state index in [1.165, 1.54) is 24.6 Å². The van der Waals surface area contributed by atoms with Crippen LogP contribution in [0.2, 0.25) is 6.32 Å². The summed E-state index contributed by atoms with van der Waals surface area (Å²) in [4.78, 5) is 0. The molecule has 0 N–H and O–H groups in total. The Bertz CT molecular complexity index is 26.3. The number of hydrogen-bond donors (Lipinski definition) is 0. The first-order valence-electron chi connectivity index (χ1n) is 2.10. The summed E-state index contributed by atoms with van der Waals surface area (Å²) in [6, 6.07) is 0. The highest BCUT2D eigenvalue weighted by Crippen LogP contribution is 2.10. The van der Waals surface area contributed by atoms with Crippen LogP contribution in [0.15, 0.2) is 0 Å². The molecule has 0 aliphatic carbocycles. The second-order valence-corrected chi connectivity index (χ2v) is 1.99. The molecule has 0 atom stereocenters. The summed E-state index contributed by atoms with van der Waals surface area (Å²) in [5, 5.41) is 0. The van der Waals surface area contributed by atoms with Gasteiger partial charge in [-0.3, -0.25) is 0 Å². The van der Waals surface area contributed by atoms with Crippen molar-refractivity contribution in [2.75, 3.05) is 6.61 Å². The third-order valence-corrected chi connectivity index (χ3v) is 1.36. The third kappa shape index (κ3) is 1.23. The molecular formula is C3H6BOS. The monoisotopic (exact) mass is 101 g/mol. The van der Waals surface area contributed by atoms with Crippen molar-refractivity contribution in [2.45, 2.75) is 12.7 Å². The fourth-order valence-corrected chi connectivity index (χ4v) is 0.943. The Morgan fingerprint density at radius 1 is 1.67 bits per heavy atom. The predicted octanol–water partition coefficient (Wildman–Crippen LogP) is 1.09. The number of rotatable bonds is 0. The van der Waals surface area contributed by atoms with Gasteiger partial charge in [0.2, 0.25) is 6.56 Å². The lowest BCUT2D eigenvalue weighted by molar-refractivity contribution is 0.372. The van der Waals surface area contributed by atoms with E-state index in [0.29, 0.717) is 0 Å². The summed E-state index contributed by atoms with van der Waals surface area (Å²) in [5.74, 6) is 0. The van der Waals surface area contributed by atoms with Crippen LogP contribution in [0.3, 0.4) is 0 Å². The van der Waals surface area contributed by atoms with E-state index >= 15 is 0 Å². The van der Waals surface area contributed by atoms with E-state index in [4.69, 9.17) is 4.18 Å². The fourth-order valence-electron chi connectivity index (χ4n) is 0.370. The van der Waals surface area contributed by atoms with Crippen molar-refractivity contribution in [1.29, 1.82) is 0 Å². The van der Waals surface area contributed by atoms with Crippen molar-refractivity contribution in [3.8, 4) is 0 Å². The minimum atomic E-state index is 0.932. The van der Waals surface area contributed by atoms with E-state index < -0.39 is 0 Å². The molecule has 0 unspecified atom stereocenters. The molecule has 1 heterocycles. The molecule has 0 amide bonds. The molecule has 0 spiro atoms. The van der Waals surface area contributed by atoms with Crippen LogP contribution >= 0.6 is 11.9 Å². The molecule has 0 bridgehead atoms. The first kappa shape index (κ1) is 4.53. The maximum atomic E-state index is 4.93. The molecule has 0 aromatic rings. The van der Waals surface area contributed by atoms with Gasteiger partial charge in [0.05, 0.1) is 6.61 Å². The summed E-state index contributed by atoms with van der Waals surface area (Å²) in [7, 11) is 0. The van der Waals surface area contributed by atoms with Crippen LogP contribution in [0.4, 0.5) is 0 Å². The highest BCUT2D eigenvalue weighted by molar-refractivity contribution is 8.18. The molecule has 1 nitrogen and oxygen atoms in total. The minimum absolute atomic E-state index is 0.932. The molecule has 0 saturated carbocycles. The Morgan fingerprint density at radius 3 is 2.83 bits per heavy atom. The van der Waals surface area contributed by atoms with Crippen molar-refractivity contribution in [3.05, 3.63) is 0 Å². The van der Waals surface area contributed by atoms with Gasteiger partial charge in [-0.15, -0.1) is 0 Å². The van der Waals surface area contributed by atoms with E-state index in [2.05, 4.69) is 6.56 Å². The second kappa shape index (κ2) is 2.53. The highest BCUT2D eigenvalue weighted by atomic mass is 32.2. The summed E-state index contributed by atoms with van der Waals surface area (Å²) < 4.78 is 4.93. The van der Waals surface area contributed by atoms with E-state index in [-0.39, 0.29) is 0 Å². The Balaban J connectivity index is 2.00. The van der Waals surface area contributed by atoms with Crippen molar-refractivity contribution >= 4 is 18.5 Å². The fraction of sp³-hybridized carbons (Fsp3) is 1.00. The zero-order valence-electron chi connectivity index (χ0n) is 3.52. The molecule has 6 heavy (non-hydrogen) atoms. The molecule has 1 saturated heterocycles. The van der Waals surface area contributed by atoms with Gasteiger partial charge >= 0.3 is 0 Å². The van der Waals surface area contributed by atoms with Gasteiger partial charge in [0, 0.05) is 0 Å². The zero-order valence-corrected chi connectivity index (χ0v) is 4.33. The van der Waals surface area contributed by atoms with E-state index in [1.807, 2.05) is 0 Å². The summed E-state index contributed by atoms with van der Waals surface area (Å²) in [6.07, 6.45) is 2.41. The van der Waals surface area contributed by atoms with Gasteiger partial charge in [-0.25, -0.2) is 0 Å². The van der Waals surface area contributed by atoms with E-state index in [1.54, 1.807) is 0 Å². The Kier molecular flexibility index (Phi) is 1.91. The van der Waals surface area contributed by atoms with Gasteiger partial charge in [0.15, 0.2) is 0 Å². The molecule has 0 aromatic heterocycles. The minimum Gasteiger partial charge on any atom is -0.328 e. The lowest BCUT2D eigenvalue weighted by Gasteiger charge is -2.05. The van der Waals surface area contributed by atoms with E-state index in [9.17, 15) is 0 Å². The maximum absolute atomic E-state index is 4.93. The summed E-state index contributed by atoms with van der Waals surface area (Å²) in [6.45, 7) is 3.02. The number of hydrogen-bond acceptors (Lipinski definition) is 2. The largest absolute Gasteiger partial charge is 0.328 e. The summed E-state index contributed by atoms with van der Waals surface area (Å²) >= 11 is 1.47. The van der Waals surface area contributed by atoms with Crippen LogP contribution in [0.25, 0.3) is 0 Å². The van der Waals surface area contributed by atoms with Crippen molar-refractivity contribution in [3.63, 3.8) is 0 Å². The van der Waals surface area contributed by atoms with Gasteiger partial charge in [-0.1, -0.05) is 18.2 Å². The van der Waals surface area contributed by atoms with Crippen LogP contribution in [0.5, 0.6) is 0 Å². The molecule has 1 rings (SSSR count). The van der Waals surface area contributed by atoms with Crippen LogP contribution in [-0.2, 0) is 4.18 Å². The van der Waals surface area contributed by atoms with Gasteiger partial charge in [-0.05, 0) is 6.42 Å². The van der Waals surface area contributed by atoms with E-state index in [0.717, 1.165) is 6.61 Å². The average Bonchev–Trinajstić information content (AvgIpc) is 1.72. The lowest BCUT2D eigenvalue weighted by atomic mass is 10.0. The van der Waals surface area contributed by atoms with Crippen LogP contribution < -0.4 is 0 Å². The molecule has 1 fully saturated rings. The van der Waals surface area contributed by atoms with Crippen LogP contribution in [0, 0.1) is 0 Å². The lowest BCUT2D eigenvalue weighted by Crippen LogP contribution is -1.97. The smallest absolute Gasteiger partial charge is 0.231 e. The molecule has 3 heteroatoms. The molecule has 1 aliphatic rings. The van der Waals surface area contributed by atoms with Crippen molar-refractivity contribution in [2.24, 2.45) is 0 Å². The molecule has 0 aromatic carbocycles. The van der Waals surface area contributed by atoms with Crippen molar-refractivity contribution in [1.82, 2.24) is 0 Å². The Morgan fingerprint density at radius 2 is 2.67 bits per heavy atom. The van der Waals surface area contributed by atoms with Crippen LogP contribution in [0.1, 0.15) is 6.42 Å². The Hall–Kier alpha value is 0.375. The third-order valence-electron chi connectivity index (χ3n) is 0.686. The molecular weight excluding hydrogens is 94.9 g/mol. The Labute approximate surface area is 42.8 Å². The first-order chi connectivity index (χ1) is 3.00. The predicted molar refractivity (Wildman–Crippen MR) is 28.7 cm³/mol. The normalized spacial score (nSPS) is 22.7. The molecule has 1 aliphatic heterocycles. The quantitative estimate of drug-likeness (QED) is 0.333. The maximum Gasteiger partial charge on any atom is 0.231 e. The SMILES string of the molecule is [B]1CCCOS1. The second-order valence-electron chi connectivity index (χ2n) is 1.23. The highest BCUT2D eigenvalue weighted by Gasteiger charge is 1.98. The van der Waals surface area contributed by atoms with Gasteiger partial charge in [-0.2, -0.15) is 0 Å². The summed E-state index contributed by atoms with van der Waals surface area (Å²) in [5.41, 5.74) is 0. The standard InChI is InChI=1S/C3H6BOS/c1-2-4-6-5-3-1/h1-3H2. The topological polar surface area (TPSA) is 9.23 Å².